The van der Waals surface area contributed by atoms with E-state index in [-0.39, 0.29) is 5.82 Å². The van der Waals surface area contributed by atoms with E-state index in [0.717, 1.165) is 12.1 Å². The van der Waals surface area contributed by atoms with Crippen molar-refractivity contribution in [3.8, 4) is 0 Å². The zero-order valence-electron chi connectivity index (χ0n) is 7.96. The second kappa shape index (κ2) is 2.88. The topological polar surface area (TPSA) is 67.6 Å². The van der Waals surface area contributed by atoms with Gasteiger partial charge in [0, 0.05) is 11.5 Å². The Balaban J connectivity index is 2.58. The molecule has 0 fully saturated rings. The van der Waals surface area contributed by atoms with Gasteiger partial charge in [0.25, 0.3) is 0 Å². The zero-order valence-corrected chi connectivity index (χ0v) is 7.96. The summed E-state index contributed by atoms with van der Waals surface area (Å²) in [5.74, 6) is -1.59. The fourth-order valence-corrected chi connectivity index (χ4v) is 1.74. The Morgan fingerprint density at radius 1 is 1.12 bits per heavy atom. The first-order valence-electron chi connectivity index (χ1n) is 4.53. The number of nitrogens with one attached hydrogen (secondary N) is 1. The van der Waals surface area contributed by atoms with Crippen molar-refractivity contribution in [3.05, 3.63) is 30.1 Å². The first kappa shape index (κ1) is 9.02. The fraction of sp³-hybridized carbons (Fsp3) is 0. The highest BCUT2D eigenvalue weighted by atomic mass is 19.2. The third kappa shape index (κ3) is 1.06. The third-order valence-electron chi connectivity index (χ3n) is 2.46. The molecule has 0 bridgehead atoms. The number of anilines is 1. The molecule has 0 amide bonds. The van der Waals surface area contributed by atoms with Crippen molar-refractivity contribution in [1.29, 1.82) is 0 Å². The molecule has 0 aliphatic heterocycles. The molecule has 0 saturated carbocycles. The number of nitrogens with two attached hydrogens (primary N) is 1. The van der Waals surface area contributed by atoms with Crippen LogP contribution in [0.25, 0.3) is 21.9 Å². The van der Waals surface area contributed by atoms with Crippen LogP contribution in [0.3, 0.4) is 0 Å². The predicted molar refractivity (Wildman–Crippen MR) is 55.7 cm³/mol. The molecule has 0 aliphatic carbocycles. The van der Waals surface area contributed by atoms with E-state index >= 15 is 0 Å². The van der Waals surface area contributed by atoms with Gasteiger partial charge in [-0.2, -0.15) is 0 Å². The van der Waals surface area contributed by atoms with Crippen molar-refractivity contribution in [1.82, 2.24) is 15.0 Å². The molecule has 16 heavy (non-hydrogen) atoms. The molecule has 3 rings (SSSR count). The molecular formula is C10H6F2N4. The van der Waals surface area contributed by atoms with Crippen LogP contribution in [-0.2, 0) is 0 Å². The van der Waals surface area contributed by atoms with Crippen molar-refractivity contribution in [2.75, 3.05) is 5.73 Å². The van der Waals surface area contributed by atoms with E-state index in [2.05, 4.69) is 15.0 Å². The van der Waals surface area contributed by atoms with Crippen LogP contribution in [0, 0.1) is 11.6 Å². The van der Waals surface area contributed by atoms with Gasteiger partial charge in [-0.3, -0.25) is 0 Å². The number of benzene rings is 1. The molecule has 3 N–H and O–H groups in total. The molecule has 4 nitrogen and oxygen atoms in total. The number of nitrogens with zero attached hydrogens (tertiary/aromatic N) is 2. The van der Waals surface area contributed by atoms with Gasteiger partial charge in [0.05, 0.1) is 10.9 Å². The molecule has 0 radical (unpaired) electrons. The van der Waals surface area contributed by atoms with E-state index in [1.165, 1.54) is 6.33 Å². The van der Waals surface area contributed by atoms with Crippen LogP contribution in [-0.4, -0.2) is 15.0 Å². The maximum absolute atomic E-state index is 13.1. The van der Waals surface area contributed by atoms with Gasteiger partial charge < -0.3 is 10.7 Å². The first-order chi connectivity index (χ1) is 7.66. The minimum Gasteiger partial charge on any atom is -0.383 e. The second-order valence-corrected chi connectivity index (χ2v) is 3.42. The number of hydrogen-bond donors (Lipinski definition) is 2. The van der Waals surface area contributed by atoms with E-state index in [0.29, 0.717) is 21.9 Å². The first-order valence-corrected chi connectivity index (χ1v) is 4.53. The summed E-state index contributed by atoms with van der Waals surface area (Å²) >= 11 is 0. The van der Waals surface area contributed by atoms with Gasteiger partial charge in [-0.15, -0.1) is 0 Å². The lowest BCUT2D eigenvalue weighted by molar-refractivity contribution is 0.511. The molecule has 0 unspecified atom stereocenters. The fourth-order valence-electron chi connectivity index (χ4n) is 1.74. The number of halogens is 2. The number of aromatic amines is 1. The summed E-state index contributed by atoms with van der Waals surface area (Å²) in [6, 6.07) is 2.16. The SMILES string of the molecule is Nc1ncnc2[nH]c3cc(F)c(F)cc3c12. The van der Waals surface area contributed by atoms with Gasteiger partial charge in [-0.25, -0.2) is 18.7 Å². The minimum absolute atomic E-state index is 0.238. The van der Waals surface area contributed by atoms with E-state index in [1.54, 1.807) is 0 Å². The van der Waals surface area contributed by atoms with Crippen LogP contribution in [0.15, 0.2) is 18.5 Å². The normalized spacial score (nSPS) is 11.4. The minimum atomic E-state index is -0.920. The van der Waals surface area contributed by atoms with Gasteiger partial charge in [-0.1, -0.05) is 0 Å². The van der Waals surface area contributed by atoms with Crippen molar-refractivity contribution >= 4 is 27.8 Å². The Morgan fingerprint density at radius 2 is 1.88 bits per heavy atom. The Bertz CT molecular complexity index is 705. The van der Waals surface area contributed by atoms with Crippen LogP contribution >= 0.6 is 0 Å². The van der Waals surface area contributed by atoms with E-state index < -0.39 is 11.6 Å². The standard InChI is InChI=1S/C10H6F2N4/c11-5-1-4-7(2-6(5)12)16-10-8(4)9(13)14-3-15-10/h1-3H,(H3,13,14,15,16). The molecule has 6 heteroatoms. The predicted octanol–water partition coefficient (Wildman–Crippen LogP) is 1.97. The number of H-pyrrole nitrogens is 1. The summed E-state index contributed by atoms with van der Waals surface area (Å²) in [4.78, 5) is 10.6. The number of fused-ring (bicyclic) bond motifs is 3. The van der Waals surface area contributed by atoms with Gasteiger partial charge in [0.2, 0.25) is 0 Å². The number of nitrogen functional groups attached to an aromatic ring is 1. The van der Waals surface area contributed by atoms with Crippen molar-refractivity contribution in [2.45, 2.75) is 0 Å². The Hall–Kier alpha value is -2.24. The number of rotatable bonds is 0. The molecule has 1 aromatic carbocycles. The van der Waals surface area contributed by atoms with Gasteiger partial charge >= 0.3 is 0 Å². The molecule has 2 heterocycles. The molecule has 0 aliphatic rings. The van der Waals surface area contributed by atoms with Crippen LogP contribution in [0.1, 0.15) is 0 Å². The van der Waals surface area contributed by atoms with Crippen molar-refractivity contribution < 1.29 is 8.78 Å². The monoisotopic (exact) mass is 220 g/mol. The maximum Gasteiger partial charge on any atom is 0.160 e. The summed E-state index contributed by atoms with van der Waals surface area (Å²) < 4.78 is 26.1. The van der Waals surface area contributed by atoms with E-state index in [9.17, 15) is 8.78 Å². The highest BCUT2D eigenvalue weighted by molar-refractivity contribution is 6.10. The highest BCUT2D eigenvalue weighted by Crippen LogP contribution is 2.28. The lowest BCUT2D eigenvalue weighted by atomic mass is 10.2. The molecule has 2 aromatic heterocycles. The Morgan fingerprint density at radius 3 is 2.69 bits per heavy atom. The number of hydrogen-bond acceptors (Lipinski definition) is 3. The maximum atomic E-state index is 13.1. The summed E-state index contributed by atoms with van der Waals surface area (Å²) in [5, 5.41) is 0.989. The third-order valence-corrected chi connectivity index (χ3v) is 2.46. The molecule has 0 saturated heterocycles. The second-order valence-electron chi connectivity index (χ2n) is 3.42. The van der Waals surface area contributed by atoms with Crippen molar-refractivity contribution in [3.63, 3.8) is 0 Å². The summed E-state index contributed by atoms with van der Waals surface area (Å²) in [5.41, 5.74) is 6.58. The average Bonchev–Trinajstić information content (AvgIpc) is 2.58. The van der Waals surface area contributed by atoms with Gasteiger partial charge in [0.1, 0.15) is 17.8 Å². The van der Waals surface area contributed by atoms with Gasteiger partial charge in [-0.05, 0) is 6.07 Å². The zero-order chi connectivity index (χ0) is 11.3. The lowest BCUT2D eigenvalue weighted by Gasteiger charge is -1.95. The summed E-state index contributed by atoms with van der Waals surface area (Å²) in [7, 11) is 0. The molecule has 80 valence electrons. The molecule has 0 atom stereocenters. The van der Waals surface area contributed by atoms with Gasteiger partial charge in [0.15, 0.2) is 11.6 Å². The Labute approximate surface area is 88.1 Å². The smallest absolute Gasteiger partial charge is 0.160 e. The van der Waals surface area contributed by atoms with Crippen LogP contribution in [0.5, 0.6) is 0 Å². The highest BCUT2D eigenvalue weighted by Gasteiger charge is 2.12. The number of aromatic nitrogens is 3. The molecule has 3 aromatic rings. The van der Waals surface area contributed by atoms with Crippen LogP contribution in [0.4, 0.5) is 14.6 Å². The lowest BCUT2D eigenvalue weighted by Crippen LogP contribution is -1.91. The summed E-state index contributed by atoms with van der Waals surface area (Å²) in [6.07, 6.45) is 1.29. The van der Waals surface area contributed by atoms with Crippen molar-refractivity contribution in [2.24, 2.45) is 0 Å². The molecule has 0 spiro atoms. The summed E-state index contributed by atoms with van der Waals surface area (Å²) in [6.45, 7) is 0. The Kier molecular flexibility index (Phi) is 1.62. The largest absolute Gasteiger partial charge is 0.383 e. The van der Waals surface area contributed by atoms with E-state index in [4.69, 9.17) is 5.73 Å². The average molecular weight is 220 g/mol. The molecular weight excluding hydrogens is 214 g/mol. The van der Waals surface area contributed by atoms with Crippen LogP contribution in [0.2, 0.25) is 0 Å². The quantitative estimate of drug-likeness (QED) is 0.608. The van der Waals surface area contributed by atoms with Crippen LogP contribution < -0.4 is 5.73 Å². The van der Waals surface area contributed by atoms with E-state index in [1.807, 2.05) is 0 Å².